The molecule has 23 heteroatoms. The number of methoxy groups -OCH3 is 1. The van der Waals surface area contributed by atoms with Gasteiger partial charge in [0.25, 0.3) is 0 Å². The van der Waals surface area contributed by atoms with Gasteiger partial charge in [-0.1, -0.05) is 31.4 Å². The largest absolute Gasteiger partial charge is 0.460 e. The van der Waals surface area contributed by atoms with E-state index in [1.165, 1.54) is 42.4 Å². The molecule has 4 N–H and O–H groups in total. The van der Waals surface area contributed by atoms with Crippen LogP contribution in [0.4, 0.5) is 4.79 Å². The van der Waals surface area contributed by atoms with Gasteiger partial charge in [0.1, 0.15) is 31.2 Å². The highest BCUT2D eigenvalue weighted by molar-refractivity contribution is 5.80. The van der Waals surface area contributed by atoms with Crippen molar-refractivity contribution in [3.05, 3.63) is 54.6 Å². The number of nitrogens with one attached hydrogen (secondary N) is 3. The van der Waals surface area contributed by atoms with E-state index in [0.29, 0.717) is 18.8 Å². The fraction of sp³-hybridized carbons (Fsp3) is 0.571. The normalized spacial score (nSPS) is 19.5. The second-order valence-corrected chi connectivity index (χ2v) is 14.5. The predicted octanol–water partition coefficient (Wildman–Crippen LogP) is -0.508. The van der Waals surface area contributed by atoms with Crippen molar-refractivity contribution in [2.24, 2.45) is 0 Å². The topological polar surface area (TPSA) is 288 Å². The van der Waals surface area contributed by atoms with Gasteiger partial charge in [-0.05, 0) is 17.7 Å². The maximum Gasteiger partial charge on any atom is 0.407 e. The summed E-state index contributed by atoms with van der Waals surface area (Å²) in [5.74, 6) is -5.03. The monoisotopic (exact) mass is 922 g/mol. The Labute approximate surface area is 375 Å². The Kier molecular flexibility index (Phi) is 22.3. The summed E-state index contributed by atoms with van der Waals surface area (Å²) in [7, 11) is 1.53. The van der Waals surface area contributed by atoms with Gasteiger partial charge in [0.05, 0.1) is 52.5 Å². The molecule has 5 atom stereocenters. The molecular weight excluding hydrogens is 864 g/mol. The molecule has 1 aromatic rings. The number of carbonyl (C=O) groups is 8. The highest BCUT2D eigenvalue weighted by Crippen LogP contribution is 2.33. The number of alkyl carbamates (subject to hydrolysis) is 1. The van der Waals surface area contributed by atoms with Crippen molar-refractivity contribution in [1.29, 1.82) is 0 Å². The Bertz CT molecular complexity index is 1840. The lowest BCUT2D eigenvalue weighted by atomic mass is 9.93. The molecule has 0 saturated carbocycles. The number of amides is 4. The number of aliphatic hydroxyl groups excluding tert-OH is 1. The molecule has 1 aromatic carbocycles. The molecular formula is C42H58N4O19. The molecule has 0 aromatic heterocycles. The summed E-state index contributed by atoms with van der Waals surface area (Å²) in [4.78, 5) is 102. The molecule has 0 unspecified atom stereocenters. The number of benzene rings is 1. The summed E-state index contributed by atoms with van der Waals surface area (Å²) in [6.07, 6.45) is -6.55. The number of rotatable bonds is 27. The average molecular weight is 923 g/mol. The van der Waals surface area contributed by atoms with Crippen LogP contribution in [0, 0.1) is 0 Å². The van der Waals surface area contributed by atoms with Gasteiger partial charge in [0, 0.05) is 53.0 Å². The minimum Gasteiger partial charge on any atom is -0.460 e. The number of esters is 4. The van der Waals surface area contributed by atoms with E-state index in [1.54, 1.807) is 0 Å². The van der Waals surface area contributed by atoms with E-state index in [9.17, 15) is 43.5 Å². The zero-order chi connectivity index (χ0) is 47.9. The third-order valence-corrected chi connectivity index (χ3v) is 9.28. The summed E-state index contributed by atoms with van der Waals surface area (Å²) >= 11 is 0. The molecule has 2 aliphatic rings. The average Bonchev–Trinajstić information content (AvgIpc) is 3.24. The van der Waals surface area contributed by atoms with Gasteiger partial charge in [0.15, 0.2) is 18.3 Å². The van der Waals surface area contributed by atoms with Gasteiger partial charge in [0.2, 0.25) is 30.1 Å². The minimum atomic E-state index is -1.76. The van der Waals surface area contributed by atoms with Crippen LogP contribution in [0.25, 0.3) is 0 Å². The summed E-state index contributed by atoms with van der Waals surface area (Å²) in [5, 5.41) is 17.7. The zero-order valence-electron chi connectivity index (χ0n) is 36.8. The molecule has 360 valence electrons. The van der Waals surface area contributed by atoms with Crippen LogP contribution in [0.5, 0.6) is 5.75 Å². The number of carbonyl (C=O) groups excluding carboxylic acids is 8. The number of ether oxygens (including phenoxy) is 10. The van der Waals surface area contributed by atoms with Crippen molar-refractivity contribution in [3.8, 4) is 5.75 Å². The predicted molar refractivity (Wildman–Crippen MR) is 221 cm³/mol. The molecule has 2 aliphatic heterocycles. The maximum absolute atomic E-state index is 13.2. The third-order valence-electron chi connectivity index (χ3n) is 9.28. The second kappa shape index (κ2) is 27.2. The molecule has 0 radical (unpaired) electrons. The quantitative estimate of drug-likeness (QED) is 0.0374. The van der Waals surface area contributed by atoms with Gasteiger partial charge >= 0.3 is 30.0 Å². The fourth-order valence-corrected chi connectivity index (χ4v) is 6.32. The van der Waals surface area contributed by atoms with Crippen LogP contribution in [0.2, 0.25) is 0 Å². The standard InChI is InChI=1S/C42H58N4O19/c1-7-14-58-39(54)37-35(61-26(3)48)36(62-27(4)49)38(63-28(5)50)40(65-37)64-31-10-9-29(21-47)19-30(31)20-44-32(51)11-13-43-33(52)22-60-42(23-45-41(55)59-15-8-2)24-46(25-42)34(53)12-16-57-18-17-56-6/h7-10,19,35-38,40,47H,1-2,11-18,20-25H2,3-6H3,(H,43,52)(H,44,51)(H,45,55)/t35-,36-,37-,38+,40+/m0/s1. The van der Waals surface area contributed by atoms with Crippen LogP contribution in [-0.4, -0.2) is 167 Å². The lowest BCUT2D eigenvalue weighted by Crippen LogP contribution is -2.69. The van der Waals surface area contributed by atoms with Crippen LogP contribution < -0.4 is 20.7 Å². The van der Waals surface area contributed by atoms with Gasteiger partial charge in [-0.3, -0.25) is 28.8 Å². The summed E-state index contributed by atoms with van der Waals surface area (Å²) in [6.45, 7) is 9.59. The summed E-state index contributed by atoms with van der Waals surface area (Å²) in [6, 6.07) is 4.39. The highest BCUT2D eigenvalue weighted by atomic mass is 16.7. The molecule has 65 heavy (non-hydrogen) atoms. The van der Waals surface area contributed by atoms with Gasteiger partial charge in [-0.25, -0.2) is 9.59 Å². The van der Waals surface area contributed by atoms with E-state index in [2.05, 4.69) is 29.1 Å². The number of hydrogen-bond donors (Lipinski definition) is 4. The van der Waals surface area contributed by atoms with Crippen molar-refractivity contribution in [2.75, 3.05) is 72.9 Å². The SMILES string of the molecule is C=CCOC(=O)NCC1(OCC(=O)NCCC(=O)NCc2cc(CO)ccc2O[C@@H]2O[C@H](C(=O)OCC=C)[C@@H](OC(C)=O)[C@H](OC(C)=O)[C@H]2OC(C)=O)CN(C(=O)CCOCCOC)C1. The summed E-state index contributed by atoms with van der Waals surface area (Å²) in [5.41, 5.74) is -0.427. The van der Waals surface area contributed by atoms with Crippen molar-refractivity contribution >= 4 is 47.7 Å². The van der Waals surface area contributed by atoms with Crippen molar-refractivity contribution in [1.82, 2.24) is 20.9 Å². The van der Waals surface area contributed by atoms with Crippen molar-refractivity contribution in [3.63, 3.8) is 0 Å². The van der Waals surface area contributed by atoms with Gasteiger partial charge < -0.3 is 73.3 Å². The number of aliphatic hydroxyl groups is 1. The fourth-order valence-electron chi connectivity index (χ4n) is 6.32. The Hall–Kier alpha value is -6.14. The number of nitrogens with zero attached hydrogens (tertiary/aromatic N) is 1. The lowest BCUT2D eigenvalue weighted by Gasteiger charge is -2.49. The maximum atomic E-state index is 13.2. The van der Waals surface area contributed by atoms with Crippen LogP contribution in [-0.2, 0) is 89.3 Å². The van der Waals surface area contributed by atoms with Crippen LogP contribution in [0.3, 0.4) is 0 Å². The summed E-state index contributed by atoms with van der Waals surface area (Å²) < 4.78 is 54.5. The Balaban J connectivity index is 1.66. The second-order valence-electron chi connectivity index (χ2n) is 14.5. The first-order valence-corrected chi connectivity index (χ1v) is 20.4. The van der Waals surface area contributed by atoms with E-state index < -0.39 is 91.3 Å². The van der Waals surface area contributed by atoms with Gasteiger partial charge in [-0.15, -0.1) is 0 Å². The van der Waals surface area contributed by atoms with E-state index in [-0.39, 0.29) is 82.6 Å². The highest BCUT2D eigenvalue weighted by Gasteiger charge is 2.56. The molecule has 0 aliphatic carbocycles. The first kappa shape index (κ1) is 53.2. The first-order chi connectivity index (χ1) is 31.0. The Morgan fingerprint density at radius 2 is 1.49 bits per heavy atom. The van der Waals surface area contributed by atoms with E-state index in [1.807, 2.05) is 0 Å². The molecule has 2 saturated heterocycles. The molecule has 2 fully saturated rings. The van der Waals surface area contributed by atoms with Crippen molar-refractivity contribution < 1.29 is 90.8 Å². The van der Waals surface area contributed by atoms with E-state index >= 15 is 0 Å². The smallest absolute Gasteiger partial charge is 0.407 e. The van der Waals surface area contributed by atoms with Crippen LogP contribution >= 0.6 is 0 Å². The third kappa shape index (κ3) is 17.7. The van der Waals surface area contributed by atoms with Gasteiger partial charge in [-0.2, -0.15) is 0 Å². The molecule has 23 nitrogen and oxygen atoms in total. The zero-order valence-corrected chi connectivity index (χ0v) is 36.8. The molecule has 2 heterocycles. The molecule has 0 bridgehead atoms. The minimum absolute atomic E-state index is 0.00452. The van der Waals surface area contributed by atoms with Crippen LogP contribution in [0.15, 0.2) is 43.5 Å². The number of likely N-dealkylation sites (tertiary alicyclic amines) is 1. The number of hydrogen-bond acceptors (Lipinski definition) is 19. The Morgan fingerprint density at radius 3 is 2.14 bits per heavy atom. The Morgan fingerprint density at radius 1 is 0.831 bits per heavy atom. The molecule has 0 spiro atoms. The van der Waals surface area contributed by atoms with Crippen molar-refractivity contribution in [2.45, 2.75) is 83.1 Å². The lowest BCUT2D eigenvalue weighted by molar-refractivity contribution is -0.282. The molecule has 3 rings (SSSR count). The van der Waals surface area contributed by atoms with E-state index in [0.717, 1.165) is 20.8 Å². The van der Waals surface area contributed by atoms with Crippen LogP contribution in [0.1, 0.15) is 44.7 Å². The first-order valence-electron chi connectivity index (χ1n) is 20.4. The molecule has 4 amide bonds. The van der Waals surface area contributed by atoms with E-state index in [4.69, 9.17) is 47.4 Å².